The van der Waals surface area contributed by atoms with E-state index >= 15 is 0 Å². The van der Waals surface area contributed by atoms with Gasteiger partial charge in [-0.15, -0.1) is 0 Å². The maximum Gasteiger partial charge on any atom is 0.413 e. The summed E-state index contributed by atoms with van der Waals surface area (Å²) in [7, 11) is -1.65. The van der Waals surface area contributed by atoms with Crippen LogP contribution in [0.1, 0.15) is 71.3 Å². The average Bonchev–Trinajstić information content (AvgIpc) is 3.23. The Bertz CT molecular complexity index is 1510. The van der Waals surface area contributed by atoms with Gasteiger partial charge >= 0.3 is 6.09 Å². The van der Waals surface area contributed by atoms with Crippen LogP contribution in [0, 0.1) is 11.3 Å². The van der Waals surface area contributed by atoms with Crippen molar-refractivity contribution in [3.05, 3.63) is 40.7 Å². The lowest BCUT2D eigenvalue weighted by Gasteiger charge is -2.39. The van der Waals surface area contributed by atoms with Crippen molar-refractivity contribution >= 4 is 27.0 Å². The number of pyridine rings is 1. The lowest BCUT2D eigenvalue weighted by molar-refractivity contribution is 0.114. The summed E-state index contributed by atoms with van der Waals surface area (Å²) in [6, 6.07) is 11.8. The molecule has 1 N–H and O–H groups in total. The van der Waals surface area contributed by atoms with Gasteiger partial charge in [-0.1, -0.05) is 18.2 Å². The molecule has 0 unspecified atom stereocenters. The number of likely N-dealkylation sites (tertiary alicyclic amines) is 1. The molecule has 3 aliphatic heterocycles. The first kappa shape index (κ1) is 32.4. The van der Waals surface area contributed by atoms with Crippen LogP contribution in [0.5, 0.6) is 5.75 Å². The van der Waals surface area contributed by atoms with Crippen molar-refractivity contribution in [2.24, 2.45) is 0 Å². The number of nitriles is 1. The van der Waals surface area contributed by atoms with Gasteiger partial charge in [0.05, 0.1) is 17.3 Å². The first-order valence-electron chi connectivity index (χ1n) is 16.0. The number of nitrogens with zero attached hydrogens (tertiary/aromatic N) is 5. The number of benzene rings is 1. The highest BCUT2D eigenvalue weighted by atomic mass is 32.2. The molecule has 0 aliphatic carbocycles. The molecule has 240 valence electrons. The molecule has 1 aromatic heterocycles. The lowest BCUT2D eigenvalue weighted by Crippen LogP contribution is -2.51. The molecule has 1 amide bonds. The molecular formula is C32H46N6O5S. The Morgan fingerprint density at radius 1 is 1.11 bits per heavy atom. The second-order valence-corrected chi connectivity index (χ2v) is 15.0. The zero-order valence-electron chi connectivity index (χ0n) is 26.2. The molecule has 2 aromatic rings. The molecule has 1 aromatic carbocycles. The largest absolute Gasteiger partial charge is 0.413 e. The number of amides is 1. The highest BCUT2D eigenvalue weighted by molar-refractivity contribution is 7.89. The summed E-state index contributed by atoms with van der Waals surface area (Å²) in [6.07, 6.45) is 5.65. The predicted octanol–water partition coefficient (Wildman–Crippen LogP) is 3.70. The average molecular weight is 627 g/mol. The predicted molar refractivity (Wildman–Crippen MR) is 170 cm³/mol. The maximum absolute atomic E-state index is 13.2. The molecule has 2 bridgehead atoms. The van der Waals surface area contributed by atoms with Gasteiger partial charge in [-0.05, 0) is 90.6 Å². The van der Waals surface area contributed by atoms with Crippen LogP contribution in [-0.4, -0.2) is 96.3 Å². The van der Waals surface area contributed by atoms with Crippen molar-refractivity contribution in [2.75, 3.05) is 39.0 Å². The van der Waals surface area contributed by atoms with E-state index in [0.717, 1.165) is 75.6 Å². The van der Waals surface area contributed by atoms with Crippen molar-refractivity contribution in [1.29, 1.82) is 5.26 Å². The number of piperidine rings is 2. The number of carbonyl (C=O) groups is 1. The number of sulfonamides is 1. The normalized spacial score (nSPS) is 23.3. The van der Waals surface area contributed by atoms with Crippen LogP contribution in [0.3, 0.4) is 0 Å². The highest BCUT2D eigenvalue weighted by Crippen LogP contribution is 2.36. The molecule has 3 fully saturated rings. The van der Waals surface area contributed by atoms with E-state index in [2.05, 4.69) is 21.2 Å². The fourth-order valence-corrected chi connectivity index (χ4v) is 8.86. The highest BCUT2D eigenvalue weighted by Gasteiger charge is 2.41. The van der Waals surface area contributed by atoms with Crippen molar-refractivity contribution in [1.82, 2.24) is 24.0 Å². The zero-order valence-corrected chi connectivity index (χ0v) is 27.0. The number of rotatable bonds is 11. The van der Waals surface area contributed by atoms with Crippen LogP contribution in [0.15, 0.2) is 35.1 Å². The number of para-hydroxylation sites is 1. The molecule has 5 rings (SSSR count). The van der Waals surface area contributed by atoms with Crippen LogP contribution < -0.4 is 15.6 Å². The Hall–Kier alpha value is -2.98. The van der Waals surface area contributed by atoms with Gasteiger partial charge < -0.3 is 19.5 Å². The minimum atomic E-state index is -3.36. The molecule has 0 saturated carbocycles. The second kappa shape index (κ2) is 14.0. The number of carbonyl (C=O) groups excluding carboxylic acids is 1. The summed E-state index contributed by atoms with van der Waals surface area (Å²) in [4.78, 5) is 30.7. The number of hydrogen-bond donors (Lipinski definition) is 1. The van der Waals surface area contributed by atoms with Crippen LogP contribution >= 0.6 is 0 Å². The Balaban J connectivity index is 1.10. The molecule has 4 heterocycles. The van der Waals surface area contributed by atoms with E-state index < -0.39 is 16.1 Å². The third-order valence-corrected chi connectivity index (χ3v) is 11.7. The summed E-state index contributed by atoms with van der Waals surface area (Å²) in [5.74, 6) is 0.146. The Morgan fingerprint density at radius 3 is 2.45 bits per heavy atom. The topological polar surface area (TPSA) is 128 Å². The zero-order chi connectivity index (χ0) is 31.4. The summed E-state index contributed by atoms with van der Waals surface area (Å²) >= 11 is 0. The van der Waals surface area contributed by atoms with Crippen molar-refractivity contribution in [3.8, 4) is 11.8 Å². The molecule has 3 aliphatic rings. The summed E-state index contributed by atoms with van der Waals surface area (Å²) in [5.41, 5.74) is 0.475. The smallest absolute Gasteiger partial charge is 0.404 e. The number of fused-ring (bicyclic) bond motifs is 3. The summed E-state index contributed by atoms with van der Waals surface area (Å²) in [5, 5.41) is 12.6. The van der Waals surface area contributed by atoms with Gasteiger partial charge in [0.1, 0.15) is 0 Å². The third kappa shape index (κ3) is 7.28. The van der Waals surface area contributed by atoms with E-state index in [4.69, 9.17) is 10.00 Å². The van der Waals surface area contributed by atoms with E-state index in [1.165, 1.54) is 0 Å². The van der Waals surface area contributed by atoms with Crippen LogP contribution in [-0.2, 0) is 10.0 Å². The first-order chi connectivity index (χ1) is 21.1. The molecule has 11 nitrogen and oxygen atoms in total. The SMILES string of the molecule is CC(C)n1c(=O)c(OC(=O)N[C@@H]2C[C@H]3CC[C@@H](C2)N3CCCS(=O)(=O)N(C)C2CCN(CCC#N)CC2)cc2ccccc21. The van der Waals surface area contributed by atoms with E-state index in [1.54, 1.807) is 22.0 Å². The van der Waals surface area contributed by atoms with Crippen molar-refractivity contribution < 1.29 is 17.9 Å². The fourth-order valence-electron chi connectivity index (χ4n) is 7.41. The minimum absolute atomic E-state index is 0.0129. The lowest BCUT2D eigenvalue weighted by atomic mass is 9.97. The van der Waals surface area contributed by atoms with Crippen LogP contribution in [0.25, 0.3) is 10.9 Å². The maximum atomic E-state index is 13.2. The number of nitrogens with one attached hydrogen (secondary N) is 1. The number of hydrogen-bond acceptors (Lipinski definition) is 8. The monoisotopic (exact) mass is 626 g/mol. The fraction of sp³-hybridized carbons (Fsp3) is 0.656. The number of ether oxygens (including phenoxy) is 1. The van der Waals surface area contributed by atoms with Crippen molar-refractivity contribution in [2.45, 2.75) is 95.4 Å². The Kier molecular flexibility index (Phi) is 10.3. The van der Waals surface area contributed by atoms with Gasteiger partial charge in [0.25, 0.3) is 5.56 Å². The van der Waals surface area contributed by atoms with Crippen molar-refractivity contribution in [3.63, 3.8) is 0 Å². The summed E-state index contributed by atoms with van der Waals surface area (Å²) in [6.45, 7) is 6.98. The minimum Gasteiger partial charge on any atom is -0.404 e. The van der Waals surface area contributed by atoms with Gasteiger partial charge in [-0.2, -0.15) is 5.26 Å². The quantitative estimate of drug-likeness (QED) is 0.400. The van der Waals surface area contributed by atoms with Gasteiger partial charge in [0.2, 0.25) is 10.0 Å². The molecule has 0 spiro atoms. The van der Waals surface area contributed by atoms with Crippen LogP contribution in [0.2, 0.25) is 0 Å². The molecule has 44 heavy (non-hydrogen) atoms. The van der Waals surface area contributed by atoms with Crippen LogP contribution in [0.4, 0.5) is 4.79 Å². The second-order valence-electron chi connectivity index (χ2n) is 12.8. The van der Waals surface area contributed by atoms with Gasteiger partial charge in [0, 0.05) is 55.6 Å². The van der Waals surface area contributed by atoms with E-state index in [1.807, 2.05) is 38.1 Å². The van der Waals surface area contributed by atoms with E-state index in [0.29, 0.717) is 12.8 Å². The first-order valence-corrected chi connectivity index (χ1v) is 17.6. The molecule has 12 heteroatoms. The molecule has 0 radical (unpaired) electrons. The molecule has 3 saturated heterocycles. The van der Waals surface area contributed by atoms with E-state index in [9.17, 15) is 18.0 Å². The standard InChI is InChI=1S/C32H46N6O5S/c1-23(2)38-29-9-5-4-8-24(29)20-30(31(38)39)43-32(40)34-25-21-27-10-11-28(22-25)37(27)16-7-19-44(41,42)35(3)26-12-17-36(18-13-26)15-6-14-33/h4-5,8-9,20,23,25-28H,6-7,10-13,15-19,21-22H2,1-3H3,(H,34,40)/t25-,27-,28+. The molecular weight excluding hydrogens is 580 g/mol. The van der Waals surface area contributed by atoms with Gasteiger partial charge in [-0.3, -0.25) is 9.69 Å². The molecule has 3 atom stereocenters. The number of aromatic nitrogens is 1. The summed E-state index contributed by atoms with van der Waals surface area (Å²) < 4.78 is 35.1. The van der Waals surface area contributed by atoms with Gasteiger partial charge in [-0.25, -0.2) is 17.5 Å². The third-order valence-electron chi connectivity index (χ3n) is 9.71. The van der Waals surface area contributed by atoms with E-state index in [-0.39, 0.29) is 47.3 Å². The van der Waals surface area contributed by atoms with Gasteiger partial charge in [0.15, 0.2) is 5.75 Å². The Morgan fingerprint density at radius 2 is 1.80 bits per heavy atom. The Labute approximate surface area is 260 Å².